The van der Waals surface area contributed by atoms with Crippen LogP contribution in [0.3, 0.4) is 0 Å². The molecule has 0 bridgehead atoms. The largest absolute Gasteiger partial charge is 0.507 e. The van der Waals surface area contributed by atoms with Gasteiger partial charge >= 0.3 is 0 Å². The van der Waals surface area contributed by atoms with E-state index in [0.717, 1.165) is 6.08 Å². The summed E-state index contributed by atoms with van der Waals surface area (Å²) in [6.07, 6.45) is 3.87. The van der Waals surface area contributed by atoms with Crippen LogP contribution in [0.5, 0.6) is 17.2 Å². The van der Waals surface area contributed by atoms with Gasteiger partial charge < -0.3 is 25.7 Å². The maximum absolute atomic E-state index is 11.9. The van der Waals surface area contributed by atoms with Gasteiger partial charge in [-0.3, -0.25) is 9.78 Å². The van der Waals surface area contributed by atoms with Crippen LogP contribution in [-0.2, 0) is 17.9 Å². The summed E-state index contributed by atoms with van der Waals surface area (Å²) in [5, 5.41) is 41.1. The van der Waals surface area contributed by atoms with E-state index in [9.17, 15) is 25.2 Å². The minimum absolute atomic E-state index is 0.00101. The molecule has 0 saturated heterocycles. The number of phenols is 2. The van der Waals surface area contributed by atoms with Crippen LogP contribution in [0, 0.1) is 6.92 Å². The second kappa shape index (κ2) is 7.47. The smallest absolute Gasteiger partial charge is 0.244 e. The Morgan fingerprint density at radius 2 is 1.92 bits per heavy atom. The van der Waals surface area contributed by atoms with E-state index in [0.29, 0.717) is 16.8 Å². The second-order valence-electron chi connectivity index (χ2n) is 5.12. The maximum Gasteiger partial charge on any atom is 0.244 e. The van der Waals surface area contributed by atoms with Gasteiger partial charge in [-0.1, -0.05) is 6.07 Å². The highest BCUT2D eigenvalue weighted by Crippen LogP contribution is 2.27. The monoisotopic (exact) mass is 330 g/mol. The van der Waals surface area contributed by atoms with Crippen LogP contribution in [0.25, 0.3) is 6.08 Å². The predicted molar refractivity (Wildman–Crippen MR) is 87.2 cm³/mol. The molecule has 0 saturated carbocycles. The molecule has 7 nitrogen and oxygen atoms in total. The first-order valence-electron chi connectivity index (χ1n) is 7.18. The number of nitrogens with one attached hydrogen (secondary N) is 1. The van der Waals surface area contributed by atoms with Crippen LogP contribution >= 0.6 is 0 Å². The molecule has 0 atom stereocenters. The Morgan fingerprint density at radius 3 is 2.54 bits per heavy atom. The van der Waals surface area contributed by atoms with E-state index in [1.54, 1.807) is 6.92 Å². The Morgan fingerprint density at radius 1 is 1.25 bits per heavy atom. The molecule has 0 fully saturated rings. The molecule has 7 heteroatoms. The SMILES string of the molecule is Cc1ncc(CO)c(CNC(=O)C=Cc2c(O)cccc2O)c1O. The maximum atomic E-state index is 11.9. The Bertz CT molecular complexity index is 767. The molecule has 1 heterocycles. The van der Waals surface area contributed by atoms with Gasteiger partial charge in [0, 0.05) is 29.9 Å². The van der Waals surface area contributed by atoms with E-state index in [1.807, 2.05) is 0 Å². The second-order valence-corrected chi connectivity index (χ2v) is 5.12. The van der Waals surface area contributed by atoms with Gasteiger partial charge in [-0.2, -0.15) is 0 Å². The average molecular weight is 330 g/mol. The molecule has 0 aliphatic carbocycles. The summed E-state index contributed by atoms with van der Waals surface area (Å²) in [5.41, 5.74) is 1.33. The number of aromatic nitrogens is 1. The molecule has 0 spiro atoms. The Hall–Kier alpha value is -3.06. The number of phenolic OH excluding ortho intramolecular Hbond substituents is 2. The summed E-state index contributed by atoms with van der Waals surface area (Å²) in [7, 11) is 0. The number of rotatable bonds is 5. The van der Waals surface area contributed by atoms with Crippen molar-refractivity contribution >= 4 is 12.0 Å². The highest BCUT2D eigenvalue weighted by molar-refractivity contribution is 5.92. The topological polar surface area (TPSA) is 123 Å². The van der Waals surface area contributed by atoms with Gasteiger partial charge in [0.15, 0.2) is 0 Å². The molecule has 126 valence electrons. The van der Waals surface area contributed by atoms with Gasteiger partial charge in [0.2, 0.25) is 5.91 Å². The summed E-state index contributed by atoms with van der Waals surface area (Å²) >= 11 is 0. The van der Waals surface area contributed by atoms with Crippen molar-refractivity contribution in [1.29, 1.82) is 0 Å². The van der Waals surface area contributed by atoms with Crippen molar-refractivity contribution in [2.24, 2.45) is 0 Å². The van der Waals surface area contributed by atoms with Crippen LogP contribution in [0.2, 0.25) is 0 Å². The molecule has 0 aliphatic heterocycles. The molecular weight excluding hydrogens is 312 g/mol. The molecule has 0 aliphatic rings. The van der Waals surface area contributed by atoms with E-state index in [4.69, 9.17) is 0 Å². The van der Waals surface area contributed by atoms with Crippen molar-refractivity contribution < 1.29 is 25.2 Å². The zero-order chi connectivity index (χ0) is 17.7. The fourth-order valence-corrected chi connectivity index (χ4v) is 2.12. The van der Waals surface area contributed by atoms with E-state index >= 15 is 0 Å². The minimum Gasteiger partial charge on any atom is -0.507 e. The van der Waals surface area contributed by atoms with E-state index in [2.05, 4.69) is 10.3 Å². The number of carbonyl (C=O) groups excluding carboxylic acids is 1. The Balaban J connectivity index is 2.09. The number of nitrogens with zero attached hydrogens (tertiary/aromatic N) is 1. The van der Waals surface area contributed by atoms with Crippen LogP contribution in [-0.4, -0.2) is 31.3 Å². The number of hydrogen-bond acceptors (Lipinski definition) is 6. The quantitative estimate of drug-likeness (QED) is 0.527. The molecule has 24 heavy (non-hydrogen) atoms. The van der Waals surface area contributed by atoms with Crippen LogP contribution in [0.1, 0.15) is 22.4 Å². The summed E-state index contributed by atoms with van der Waals surface area (Å²) < 4.78 is 0. The summed E-state index contributed by atoms with van der Waals surface area (Å²) in [6.45, 7) is 1.30. The number of amides is 1. The zero-order valence-electron chi connectivity index (χ0n) is 13.0. The lowest BCUT2D eigenvalue weighted by molar-refractivity contribution is -0.116. The van der Waals surface area contributed by atoms with Crippen molar-refractivity contribution in [3.05, 3.63) is 52.9 Å². The van der Waals surface area contributed by atoms with Crippen molar-refractivity contribution in [3.63, 3.8) is 0 Å². The lowest BCUT2D eigenvalue weighted by Crippen LogP contribution is -2.21. The number of hydrogen-bond donors (Lipinski definition) is 5. The first kappa shape index (κ1) is 17.3. The Kier molecular flexibility index (Phi) is 5.39. The lowest BCUT2D eigenvalue weighted by atomic mass is 10.1. The number of pyridine rings is 1. The summed E-state index contributed by atoms with van der Waals surface area (Å²) in [6, 6.07) is 4.26. The molecule has 1 aromatic carbocycles. The molecule has 1 aromatic heterocycles. The minimum atomic E-state index is -0.490. The molecule has 0 unspecified atom stereocenters. The molecule has 2 aromatic rings. The number of carbonyl (C=O) groups is 1. The van der Waals surface area contributed by atoms with Crippen molar-refractivity contribution in [2.45, 2.75) is 20.1 Å². The summed E-state index contributed by atoms with van der Waals surface area (Å²) in [4.78, 5) is 15.8. The number of benzene rings is 1. The summed E-state index contributed by atoms with van der Waals surface area (Å²) in [5.74, 6) is -0.868. The first-order chi connectivity index (χ1) is 11.4. The van der Waals surface area contributed by atoms with Gasteiger partial charge in [-0.05, 0) is 25.1 Å². The van der Waals surface area contributed by atoms with Crippen LogP contribution in [0.15, 0.2) is 30.5 Å². The highest BCUT2D eigenvalue weighted by atomic mass is 16.3. The number of aliphatic hydroxyl groups is 1. The van der Waals surface area contributed by atoms with Crippen molar-refractivity contribution in [2.75, 3.05) is 0 Å². The van der Waals surface area contributed by atoms with Crippen LogP contribution in [0.4, 0.5) is 0 Å². The third-order valence-corrected chi connectivity index (χ3v) is 3.50. The Labute approximate surface area is 138 Å². The van der Waals surface area contributed by atoms with E-state index < -0.39 is 5.91 Å². The standard InChI is InChI=1S/C17H18N2O5/c1-10-17(24)13(11(9-20)7-18-10)8-19-16(23)6-5-12-14(21)3-2-4-15(12)22/h2-7,20-22,24H,8-9H2,1H3,(H,19,23). The third-order valence-electron chi connectivity index (χ3n) is 3.50. The molecule has 0 radical (unpaired) electrons. The zero-order valence-corrected chi connectivity index (χ0v) is 13.0. The molecule has 2 rings (SSSR count). The van der Waals surface area contributed by atoms with Gasteiger partial charge in [0.05, 0.1) is 17.9 Å². The first-order valence-corrected chi connectivity index (χ1v) is 7.18. The van der Waals surface area contributed by atoms with Gasteiger partial charge in [-0.15, -0.1) is 0 Å². The van der Waals surface area contributed by atoms with Gasteiger partial charge in [-0.25, -0.2) is 0 Å². The van der Waals surface area contributed by atoms with Gasteiger partial charge in [0.1, 0.15) is 17.2 Å². The number of aliphatic hydroxyl groups excluding tert-OH is 1. The normalized spacial score (nSPS) is 10.9. The fraction of sp³-hybridized carbons (Fsp3) is 0.176. The van der Waals surface area contributed by atoms with Crippen molar-refractivity contribution in [1.82, 2.24) is 10.3 Å². The predicted octanol–water partition coefficient (Wildman–Crippen LogP) is 1.33. The van der Waals surface area contributed by atoms with E-state index in [1.165, 1.54) is 30.5 Å². The average Bonchev–Trinajstić information content (AvgIpc) is 2.55. The third kappa shape index (κ3) is 3.82. The molecule has 1 amide bonds. The highest BCUT2D eigenvalue weighted by Gasteiger charge is 2.12. The van der Waals surface area contributed by atoms with Gasteiger partial charge in [0.25, 0.3) is 0 Å². The van der Waals surface area contributed by atoms with Crippen molar-refractivity contribution in [3.8, 4) is 17.2 Å². The lowest BCUT2D eigenvalue weighted by Gasteiger charge is -2.11. The molecular formula is C17H18N2O5. The molecule has 5 N–H and O–H groups in total. The number of aromatic hydroxyl groups is 3. The fourth-order valence-electron chi connectivity index (χ4n) is 2.12. The van der Waals surface area contributed by atoms with Crippen LogP contribution < -0.4 is 5.32 Å². The van der Waals surface area contributed by atoms with E-state index in [-0.39, 0.29) is 36.0 Å². The number of aryl methyl sites for hydroxylation is 1.